The number of nitrogens with two attached hydrogens (primary N) is 1. The van der Waals surface area contributed by atoms with E-state index in [1.807, 2.05) is 28.9 Å². The van der Waals surface area contributed by atoms with Gasteiger partial charge in [-0.3, -0.25) is 4.98 Å². The summed E-state index contributed by atoms with van der Waals surface area (Å²) in [4.78, 5) is 9.06. The van der Waals surface area contributed by atoms with Crippen LogP contribution in [0.5, 0.6) is 0 Å². The fourth-order valence-electron chi connectivity index (χ4n) is 4.21. The zero-order valence-electron chi connectivity index (χ0n) is 17.6. The molecule has 4 N–H and O–H groups in total. The molecule has 158 valence electrons. The zero-order valence-corrected chi connectivity index (χ0v) is 17.6. The molecule has 5 rings (SSSR count). The third-order valence-corrected chi connectivity index (χ3v) is 6.00. The van der Waals surface area contributed by atoms with Crippen molar-refractivity contribution >= 4 is 23.0 Å². The van der Waals surface area contributed by atoms with E-state index in [9.17, 15) is 0 Å². The minimum atomic E-state index is 0.328. The molecule has 4 aromatic rings. The minimum Gasteiger partial charge on any atom is -0.367 e. The first kappa shape index (κ1) is 19.5. The van der Waals surface area contributed by atoms with E-state index in [0.717, 1.165) is 65.3 Å². The van der Waals surface area contributed by atoms with Gasteiger partial charge in [0.15, 0.2) is 5.65 Å². The van der Waals surface area contributed by atoms with E-state index in [2.05, 4.69) is 51.9 Å². The third-order valence-electron chi connectivity index (χ3n) is 6.00. The van der Waals surface area contributed by atoms with Crippen LogP contribution in [0.25, 0.3) is 16.8 Å². The first-order valence-corrected chi connectivity index (χ1v) is 10.8. The van der Waals surface area contributed by atoms with Crippen molar-refractivity contribution in [2.24, 2.45) is 5.73 Å². The number of nitrogens with zero attached hydrogens (tertiary/aromatic N) is 4. The summed E-state index contributed by atoms with van der Waals surface area (Å²) in [6, 6.07) is 15.0. The molecule has 0 saturated heterocycles. The summed E-state index contributed by atoms with van der Waals surface area (Å²) in [6.45, 7) is 2.08. The molecule has 0 radical (unpaired) electrons. The molecule has 0 spiro atoms. The quantitative estimate of drug-likeness (QED) is 0.445. The van der Waals surface area contributed by atoms with Crippen molar-refractivity contribution in [3.05, 3.63) is 66.6 Å². The lowest BCUT2D eigenvalue weighted by molar-refractivity contribution is 0.410. The highest BCUT2D eigenvalue weighted by molar-refractivity contribution is 5.73. The van der Waals surface area contributed by atoms with Gasteiger partial charge in [-0.1, -0.05) is 18.2 Å². The van der Waals surface area contributed by atoms with E-state index >= 15 is 0 Å². The van der Waals surface area contributed by atoms with Crippen molar-refractivity contribution in [1.29, 1.82) is 0 Å². The molecule has 1 aromatic carbocycles. The molecular formula is C24H27N7. The second-order valence-electron chi connectivity index (χ2n) is 8.24. The molecule has 0 atom stereocenters. The number of rotatable bonds is 5. The lowest BCUT2D eigenvalue weighted by Crippen LogP contribution is -2.33. The lowest BCUT2D eigenvalue weighted by Gasteiger charge is -2.28. The molecular weight excluding hydrogens is 386 g/mol. The average Bonchev–Trinajstić information content (AvgIpc) is 3.27. The van der Waals surface area contributed by atoms with Gasteiger partial charge in [0, 0.05) is 47.4 Å². The Morgan fingerprint density at radius 2 is 1.84 bits per heavy atom. The molecule has 3 heterocycles. The van der Waals surface area contributed by atoms with Crippen LogP contribution in [0.1, 0.15) is 31.2 Å². The molecule has 7 nitrogen and oxygen atoms in total. The molecule has 3 aromatic heterocycles. The summed E-state index contributed by atoms with van der Waals surface area (Å²) >= 11 is 0. The van der Waals surface area contributed by atoms with Gasteiger partial charge in [0.05, 0.1) is 6.20 Å². The second kappa shape index (κ2) is 8.35. The van der Waals surface area contributed by atoms with Gasteiger partial charge in [-0.25, -0.2) is 4.98 Å². The average molecular weight is 414 g/mol. The maximum absolute atomic E-state index is 6.08. The highest BCUT2D eigenvalue weighted by Crippen LogP contribution is 2.30. The smallest absolute Gasteiger partial charge is 0.159 e. The Bertz CT molecular complexity index is 1180. The molecule has 31 heavy (non-hydrogen) atoms. The Labute approximate surface area is 181 Å². The van der Waals surface area contributed by atoms with Crippen molar-refractivity contribution < 1.29 is 0 Å². The number of hydrogen-bond donors (Lipinski definition) is 3. The fourth-order valence-corrected chi connectivity index (χ4v) is 4.21. The Kier molecular flexibility index (Phi) is 5.26. The minimum absolute atomic E-state index is 0.328. The zero-order chi connectivity index (χ0) is 21.2. The van der Waals surface area contributed by atoms with Crippen molar-refractivity contribution in [3.8, 4) is 11.1 Å². The van der Waals surface area contributed by atoms with Crippen LogP contribution in [0.15, 0.2) is 61.1 Å². The lowest BCUT2D eigenvalue weighted by atomic mass is 9.92. The molecule has 0 bridgehead atoms. The molecule has 0 unspecified atom stereocenters. The Morgan fingerprint density at radius 1 is 1.00 bits per heavy atom. The van der Waals surface area contributed by atoms with Crippen LogP contribution < -0.4 is 16.4 Å². The van der Waals surface area contributed by atoms with Crippen LogP contribution in [0, 0.1) is 6.92 Å². The van der Waals surface area contributed by atoms with Crippen molar-refractivity contribution in [2.45, 2.75) is 44.7 Å². The topological polar surface area (TPSA) is 93.2 Å². The standard InChI is InChI=1S/C24H27N7/c1-16-23(28-20-9-7-19(25)8-10-20)30-22-11-13-27-31(22)24(16)29-21-6-2-4-17(14-21)18-5-3-12-26-15-18/h2-6,11-15,19-20,29H,7-10,25H2,1H3,(H,28,30)/t19-,20-. The van der Waals surface area contributed by atoms with Crippen LogP contribution >= 0.6 is 0 Å². The van der Waals surface area contributed by atoms with Crippen molar-refractivity contribution in [3.63, 3.8) is 0 Å². The summed E-state index contributed by atoms with van der Waals surface area (Å²) < 4.78 is 1.86. The number of pyridine rings is 1. The Balaban J connectivity index is 1.47. The Hall–Kier alpha value is -3.45. The SMILES string of the molecule is Cc1c(N[C@H]2CC[C@H](N)CC2)nc2ccnn2c1Nc1cccc(-c2cccnc2)c1. The number of hydrogen-bond acceptors (Lipinski definition) is 6. The molecule has 1 aliphatic carbocycles. The maximum atomic E-state index is 6.08. The summed E-state index contributed by atoms with van der Waals surface area (Å²) in [5.74, 6) is 1.81. The second-order valence-corrected chi connectivity index (χ2v) is 8.24. The molecule has 1 saturated carbocycles. The van der Waals surface area contributed by atoms with Gasteiger partial charge >= 0.3 is 0 Å². The van der Waals surface area contributed by atoms with E-state index in [-0.39, 0.29) is 0 Å². The monoisotopic (exact) mass is 413 g/mol. The van der Waals surface area contributed by atoms with Crippen molar-refractivity contribution in [2.75, 3.05) is 10.6 Å². The fraction of sp³-hybridized carbons (Fsp3) is 0.292. The summed E-state index contributed by atoms with van der Waals surface area (Å²) in [5.41, 5.74) is 11.1. The molecule has 1 fully saturated rings. The highest BCUT2D eigenvalue weighted by Gasteiger charge is 2.21. The first-order valence-electron chi connectivity index (χ1n) is 10.8. The Morgan fingerprint density at radius 3 is 2.65 bits per heavy atom. The van der Waals surface area contributed by atoms with Crippen LogP contribution in [-0.2, 0) is 0 Å². The van der Waals surface area contributed by atoms with Gasteiger partial charge in [-0.15, -0.1) is 0 Å². The van der Waals surface area contributed by atoms with Crippen LogP contribution in [0.2, 0.25) is 0 Å². The van der Waals surface area contributed by atoms with Gasteiger partial charge in [-0.05, 0) is 56.4 Å². The number of aromatic nitrogens is 4. The normalized spacial score (nSPS) is 18.8. The molecule has 0 aliphatic heterocycles. The highest BCUT2D eigenvalue weighted by atomic mass is 15.3. The summed E-state index contributed by atoms with van der Waals surface area (Å²) in [6.07, 6.45) is 9.69. The van der Waals surface area contributed by atoms with Gasteiger partial charge in [0.25, 0.3) is 0 Å². The first-order chi connectivity index (χ1) is 15.2. The summed E-state index contributed by atoms with van der Waals surface area (Å²) in [7, 11) is 0. The third kappa shape index (κ3) is 4.09. The number of fused-ring (bicyclic) bond motifs is 1. The number of anilines is 3. The number of benzene rings is 1. The largest absolute Gasteiger partial charge is 0.367 e. The van der Waals surface area contributed by atoms with Gasteiger partial charge in [0.1, 0.15) is 11.6 Å². The van der Waals surface area contributed by atoms with Crippen LogP contribution in [0.3, 0.4) is 0 Å². The predicted molar refractivity (Wildman–Crippen MR) is 125 cm³/mol. The van der Waals surface area contributed by atoms with Crippen LogP contribution in [0.4, 0.5) is 17.3 Å². The van der Waals surface area contributed by atoms with Crippen molar-refractivity contribution in [1.82, 2.24) is 19.6 Å². The van der Waals surface area contributed by atoms with Crippen LogP contribution in [-0.4, -0.2) is 31.7 Å². The predicted octanol–water partition coefficient (Wildman–Crippen LogP) is 4.53. The van der Waals surface area contributed by atoms with E-state index < -0.39 is 0 Å². The number of nitrogens with one attached hydrogen (secondary N) is 2. The van der Waals surface area contributed by atoms with Gasteiger partial charge in [-0.2, -0.15) is 9.61 Å². The summed E-state index contributed by atoms with van der Waals surface area (Å²) in [5, 5.41) is 11.7. The van der Waals surface area contributed by atoms with E-state index in [1.54, 1.807) is 12.4 Å². The van der Waals surface area contributed by atoms with E-state index in [1.165, 1.54) is 0 Å². The molecule has 1 aliphatic rings. The van der Waals surface area contributed by atoms with Gasteiger partial charge in [0.2, 0.25) is 0 Å². The van der Waals surface area contributed by atoms with E-state index in [4.69, 9.17) is 10.7 Å². The molecule has 0 amide bonds. The van der Waals surface area contributed by atoms with Gasteiger partial charge < -0.3 is 16.4 Å². The molecule has 7 heteroatoms. The maximum Gasteiger partial charge on any atom is 0.159 e. The van der Waals surface area contributed by atoms with E-state index in [0.29, 0.717) is 12.1 Å².